The lowest BCUT2D eigenvalue weighted by Gasteiger charge is -2.20. The third-order valence-corrected chi connectivity index (χ3v) is 4.03. The number of nitrogens with one attached hydrogen (secondary N) is 2. The summed E-state index contributed by atoms with van der Waals surface area (Å²) < 4.78 is 1.17. The van der Waals surface area contributed by atoms with Crippen molar-refractivity contribution in [3.8, 4) is 0 Å². The number of aromatic nitrogens is 2. The highest BCUT2D eigenvalue weighted by molar-refractivity contribution is 5.76. The summed E-state index contributed by atoms with van der Waals surface area (Å²) in [5, 5.41) is 2.98. The van der Waals surface area contributed by atoms with Gasteiger partial charge < -0.3 is 5.32 Å². The van der Waals surface area contributed by atoms with Crippen LogP contribution in [0.1, 0.15) is 17.2 Å². The Morgan fingerprint density at radius 3 is 2.27 bits per heavy atom. The van der Waals surface area contributed by atoms with E-state index in [1.54, 1.807) is 0 Å². The van der Waals surface area contributed by atoms with E-state index in [4.69, 9.17) is 0 Å². The van der Waals surface area contributed by atoms with E-state index in [0.29, 0.717) is 6.42 Å². The number of aromatic amines is 1. The monoisotopic (exact) mass is 349 g/mol. The van der Waals surface area contributed by atoms with Gasteiger partial charge >= 0.3 is 5.69 Å². The Morgan fingerprint density at radius 1 is 0.962 bits per heavy atom. The molecule has 0 radical (unpaired) electrons. The van der Waals surface area contributed by atoms with Crippen molar-refractivity contribution in [2.75, 3.05) is 0 Å². The summed E-state index contributed by atoms with van der Waals surface area (Å²) in [6, 6.07) is 20.6. The molecule has 6 nitrogen and oxygen atoms in total. The Balaban J connectivity index is 1.77. The molecule has 0 fully saturated rings. The first kappa shape index (κ1) is 17.4. The molecule has 1 amide bonds. The number of hydrogen-bond acceptors (Lipinski definition) is 3. The Morgan fingerprint density at radius 2 is 1.62 bits per heavy atom. The molecule has 1 atom stereocenters. The molecule has 0 aliphatic rings. The molecule has 3 aromatic rings. The summed E-state index contributed by atoms with van der Waals surface area (Å²) in [7, 11) is 0. The number of rotatable bonds is 6. The van der Waals surface area contributed by atoms with Crippen LogP contribution < -0.4 is 16.6 Å². The van der Waals surface area contributed by atoms with Gasteiger partial charge in [-0.15, -0.1) is 0 Å². The first-order valence-corrected chi connectivity index (χ1v) is 8.30. The zero-order chi connectivity index (χ0) is 18.4. The average molecular weight is 349 g/mol. The van der Waals surface area contributed by atoms with Crippen molar-refractivity contribution in [3.63, 3.8) is 0 Å². The van der Waals surface area contributed by atoms with Crippen molar-refractivity contribution >= 4 is 5.91 Å². The second kappa shape index (κ2) is 8.11. The van der Waals surface area contributed by atoms with Crippen LogP contribution in [0.25, 0.3) is 0 Å². The van der Waals surface area contributed by atoms with Gasteiger partial charge in [-0.3, -0.25) is 19.1 Å². The van der Waals surface area contributed by atoms with E-state index in [0.717, 1.165) is 11.1 Å². The molecule has 6 heteroatoms. The number of carbonyl (C=O) groups is 1. The van der Waals surface area contributed by atoms with Crippen LogP contribution in [-0.2, 0) is 17.8 Å². The third-order valence-electron chi connectivity index (χ3n) is 4.03. The molecule has 2 N–H and O–H groups in total. The van der Waals surface area contributed by atoms with Crippen molar-refractivity contribution in [1.29, 1.82) is 0 Å². The fourth-order valence-electron chi connectivity index (χ4n) is 2.75. The van der Waals surface area contributed by atoms with E-state index >= 15 is 0 Å². The number of carbonyl (C=O) groups excluding carboxylic acids is 1. The molecule has 132 valence electrons. The molecule has 1 aromatic heterocycles. The first-order valence-electron chi connectivity index (χ1n) is 8.30. The lowest BCUT2D eigenvalue weighted by molar-refractivity contribution is -0.122. The number of benzene rings is 2. The molecule has 0 spiro atoms. The molecular weight excluding hydrogens is 330 g/mol. The van der Waals surface area contributed by atoms with E-state index < -0.39 is 11.2 Å². The Bertz CT molecular complexity index is 978. The maximum atomic E-state index is 12.5. The van der Waals surface area contributed by atoms with Crippen molar-refractivity contribution < 1.29 is 4.79 Å². The molecular formula is C20H19N3O3. The molecule has 1 unspecified atom stereocenters. The highest BCUT2D eigenvalue weighted by Crippen LogP contribution is 2.18. The minimum absolute atomic E-state index is 0.159. The van der Waals surface area contributed by atoms with Gasteiger partial charge in [0.15, 0.2) is 0 Å². The fourth-order valence-corrected chi connectivity index (χ4v) is 2.75. The number of hydrogen-bond donors (Lipinski definition) is 2. The second-order valence-electron chi connectivity index (χ2n) is 5.96. The largest absolute Gasteiger partial charge is 0.347 e. The standard InChI is InChI=1S/C20H19N3O3/c24-18-11-12-23(20(26)22-18)14-19(25)21-17(16-9-5-2-6-10-16)13-15-7-3-1-4-8-15/h1-12,17H,13-14H2,(H,21,25)(H,22,24,26). The minimum atomic E-state index is -0.605. The van der Waals surface area contributed by atoms with Crippen molar-refractivity contribution in [2.24, 2.45) is 0 Å². The van der Waals surface area contributed by atoms with Crippen LogP contribution in [0.2, 0.25) is 0 Å². The Kier molecular flexibility index (Phi) is 5.43. The molecule has 0 aliphatic carbocycles. The van der Waals surface area contributed by atoms with Gasteiger partial charge in [-0.2, -0.15) is 0 Å². The summed E-state index contributed by atoms with van der Waals surface area (Å²) >= 11 is 0. The van der Waals surface area contributed by atoms with Crippen molar-refractivity contribution in [2.45, 2.75) is 19.0 Å². The van der Waals surface area contributed by atoms with Crippen LogP contribution in [-0.4, -0.2) is 15.5 Å². The highest BCUT2D eigenvalue weighted by atomic mass is 16.2. The molecule has 0 saturated carbocycles. The quantitative estimate of drug-likeness (QED) is 0.709. The van der Waals surface area contributed by atoms with Gasteiger partial charge in [0.2, 0.25) is 5.91 Å². The molecule has 0 bridgehead atoms. The summed E-state index contributed by atoms with van der Waals surface area (Å²) in [6.07, 6.45) is 1.95. The zero-order valence-electron chi connectivity index (χ0n) is 14.1. The van der Waals surface area contributed by atoms with Gasteiger partial charge in [0, 0.05) is 12.3 Å². The van der Waals surface area contributed by atoms with Gasteiger partial charge in [0.1, 0.15) is 6.54 Å². The van der Waals surface area contributed by atoms with Gasteiger partial charge in [0.05, 0.1) is 6.04 Å². The lowest BCUT2D eigenvalue weighted by atomic mass is 9.99. The van der Waals surface area contributed by atoms with Gasteiger partial charge in [0.25, 0.3) is 5.56 Å². The van der Waals surface area contributed by atoms with Gasteiger partial charge in [-0.05, 0) is 17.5 Å². The summed E-state index contributed by atoms with van der Waals surface area (Å²) in [5.41, 5.74) is 0.992. The van der Waals surface area contributed by atoms with Crippen LogP contribution in [0, 0.1) is 0 Å². The van der Waals surface area contributed by atoms with Crippen LogP contribution in [0.3, 0.4) is 0 Å². The summed E-state index contributed by atoms with van der Waals surface area (Å²) in [6.45, 7) is -0.159. The highest BCUT2D eigenvalue weighted by Gasteiger charge is 2.16. The van der Waals surface area contributed by atoms with E-state index in [9.17, 15) is 14.4 Å². The Hall–Kier alpha value is -3.41. The summed E-state index contributed by atoms with van der Waals surface area (Å²) in [4.78, 5) is 37.5. The van der Waals surface area contributed by atoms with Gasteiger partial charge in [-0.1, -0.05) is 60.7 Å². The predicted molar refractivity (Wildman–Crippen MR) is 98.8 cm³/mol. The molecule has 26 heavy (non-hydrogen) atoms. The molecule has 2 aromatic carbocycles. The molecule has 3 rings (SSSR count). The summed E-state index contributed by atoms with van der Waals surface area (Å²) in [5.74, 6) is -0.302. The normalized spacial score (nSPS) is 11.7. The van der Waals surface area contributed by atoms with E-state index in [2.05, 4.69) is 10.3 Å². The smallest absolute Gasteiger partial charge is 0.328 e. The maximum Gasteiger partial charge on any atom is 0.328 e. The van der Waals surface area contributed by atoms with Gasteiger partial charge in [-0.25, -0.2) is 4.79 Å². The van der Waals surface area contributed by atoms with E-state index in [-0.39, 0.29) is 18.5 Å². The SMILES string of the molecule is O=C(Cn1ccc(=O)[nH]c1=O)NC(Cc1ccccc1)c1ccccc1. The van der Waals surface area contributed by atoms with Crippen LogP contribution in [0.4, 0.5) is 0 Å². The van der Waals surface area contributed by atoms with E-state index in [1.807, 2.05) is 60.7 Å². The Labute approximate surface area is 150 Å². The van der Waals surface area contributed by atoms with Crippen LogP contribution in [0.5, 0.6) is 0 Å². The second-order valence-corrected chi connectivity index (χ2v) is 5.96. The van der Waals surface area contributed by atoms with Crippen molar-refractivity contribution in [1.82, 2.24) is 14.9 Å². The first-order chi connectivity index (χ1) is 12.6. The molecule has 1 heterocycles. The molecule has 0 saturated heterocycles. The van der Waals surface area contributed by atoms with Crippen LogP contribution >= 0.6 is 0 Å². The number of amides is 1. The zero-order valence-corrected chi connectivity index (χ0v) is 14.1. The van der Waals surface area contributed by atoms with Crippen LogP contribution in [0.15, 0.2) is 82.5 Å². The topological polar surface area (TPSA) is 84.0 Å². The third kappa shape index (κ3) is 4.57. The fraction of sp³-hybridized carbons (Fsp3) is 0.150. The maximum absolute atomic E-state index is 12.5. The van der Waals surface area contributed by atoms with Crippen molar-refractivity contribution in [3.05, 3.63) is 105 Å². The number of H-pyrrole nitrogens is 1. The lowest BCUT2D eigenvalue weighted by Crippen LogP contribution is -2.37. The average Bonchev–Trinajstić information content (AvgIpc) is 2.65. The molecule has 0 aliphatic heterocycles. The van der Waals surface area contributed by atoms with E-state index in [1.165, 1.54) is 16.8 Å². The minimum Gasteiger partial charge on any atom is -0.347 e. The predicted octanol–water partition coefficient (Wildman–Crippen LogP) is 1.64. The number of nitrogens with zero attached hydrogens (tertiary/aromatic N) is 1.